The largest absolute Gasteiger partial charge is 0.376 e. The van der Waals surface area contributed by atoms with Gasteiger partial charge in [0, 0.05) is 19.3 Å². The molecule has 0 saturated carbocycles. The highest BCUT2D eigenvalue weighted by Crippen LogP contribution is 2.21. The molecule has 0 radical (unpaired) electrons. The summed E-state index contributed by atoms with van der Waals surface area (Å²) in [5.74, 6) is 0.309. The van der Waals surface area contributed by atoms with E-state index in [2.05, 4.69) is 15.0 Å². The molecule has 1 aromatic carbocycles. The summed E-state index contributed by atoms with van der Waals surface area (Å²) in [4.78, 5) is 39.2. The molecule has 1 N–H and O–H groups in total. The molecule has 0 bridgehead atoms. The molecule has 0 unspecified atom stereocenters. The predicted molar refractivity (Wildman–Crippen MR) is 112 cm³/mol. The lowest BCUT2D eigenvalue weighted by atomic mass is 10.2. The van der Waals surface area contributed by atoms with E-state index in [4.69, 9.17) is 4.74 Å². The number of aromatic nitrogens is 3. The molecule has 2 aromatic heterocycles. The quantitative estimate of drug-likeness (QED) is 0.629. The highest BCUT2D eigenvalue weighted by molar-refractivity contribution is 7.98. The molecule has 1 fully saturated rings. The van der Waals surface area contributed by atoms with Crippen molar-refractivity contribution >= 4 is 28.6 Å². The first-order chi connectivity index (χ1) is 14.2. The maximum atomic E-state index is 13.4. The number of pyridine rings is 1. The summed E-state index contributed by atoms with van der Waals surface area (Å²) in [6.45, 7) is 1.35. The zero-order valence-corrected chi connectivity index (χ0v) is 16.9. The van der Waals surface area contributed by atoms with Gasteiger partial charge in [0.2, 0.25) is 0 Å². The number of aromatic amines is 1. The standard InChI is InChI=1S/C21H22N4O3S/c1-29-20-16(8-4-10-22-20)21(27)25(12-14-6-5-11-28-14)13-18-23-17-9-3-2-7-15(17)19(26)24-18/h2-4,7-10,14H,5-6,11-13H2,1H3,(H,23,24,26)/t14-/m1/s1. The minimum absolute atomic E-state index is 0.0134. The predicted octanol–water partition coefficient (Wildman–Crippen LogP) is 2.86. The number of hydrogen-bond donors (Lipinski definition) is 1. The Balaban J connectivity index is 1.67. The molecular formula is C21H22N4O3S. The lowest BCUT2D eigenvalue weighted by molar-refractivity contribution is 0.0498. The Hall–Kier alpha value is -2.71. The average molecular weight is 410 g/mol. The summed E-state index contributed by atoms with van der Waals surface area (Å²) in [6.07, 6.45) is 5.45. The molecule has 3 heterocycles. The second kappa shape index (κ2) is 8.75. The van der Waals surface area contributed by atoms with Crippen LogP contribution in [0.4, 0.5) is 0 Å². The van der Waals surface area contributed by atoms with E-state index >= 15 is 0 Å². The fourth-order valence-corrected chi connectivity index (χ4v) is 4.07. The van der Waals surface area contributed by atoms with E-state index in [9.17, 15) is 9.59 Å². The van der Waals surface area contributed by atoms with Gasteiger partial charge in [0.05, 0.1) is 29.1 Å². The topological polar surface area (TPSA) is 88.2 Å². The Kier molecular flexibility index (Phi) is 5.92. The minimum atomic E-state index is -0.207. The van der Waals surface area contributed by atoms with Gasteiger partial charge in [0.15, 0.2) is 0 Å². The summed E-state index contributed by atoms with van der Waals surface area (Å²) in [5.41, 5.74) is 0.948. The number of carbonyl (C=O) groups excluding carboxylic acids is 1. The number of nitrogens with one attached hydrogen (secondary N) is 1. The van der Waals surface area contributed by atoms with Gasteiger partial charge >= 0.3 is 0 Å². The maximum Gasteiger partial charge on any atom is 0.258 e. The molecule has 0 spiro atoms. The van der Waals surface area contributed by atoms with Gasteiger partial charge in [-0.1, -0.05) is 12.1 Å². The number of nitrogens with zero attached hydrogens (tertiary/aromatic N) is 3. The molecule has 1 atom stereocenters. The number of fused-ring (bicyclic) bond motifs is 1. The van der Waals surface area contributed by atoms with Crippen molar-refractivity contribution in [1.82, 2.24) is 19.9 Å². The van der Waals surface area contributed by atoms with Crippen LogP contribution in [0.25, 0.3) is 10.9 Å². The molecule has 150 valence electrons. The number of hydrogen-bond acceptors (Lipinski definition) is 6. The highest BCUT2D eigenvalue weighted by atomic mass is 32.2. The molecule has 7 nitrogen and oxygen atoms in total. The number of ether oxygens (including phenoxy) is 1. The van der Waals surface area contributed by atoms with Crippen molar-refractivity contribution in [2.24, 2.45) is 0 Å². The third-order valence-corrected chi connectivity index (χ3v) is 5.64. The molecule has 0 aliphatic carbocycles. The lowest BCUT2D eigenvalue weighted by Gasteiger charge is -2.25. The van der Waals surface area contributed by atoms with Gasteiger partial charge in [0.1, 0.15) is 10.9 Å². The van der Waals surface area contributed by atoms with Crippen molar-refractivity contribution in [3.8, 4) is 0 Å². The van der Waals surface area contributed by atoms with Crippen LogP contribution < -0.4 is 5.56 Å². The van der Waals surface area contributed by atoms with Gasteiger partial charge < -0.3 is 14.6 Å². The maximum absolute atomic E-state index is 13.4. The number of para-hydroxylation sites is 1. The molecule has 8 heteroatoms. The number of carbonyl (C=O) groups is 1. The van der Waals surface area contributed by atoms with Crippen molar-refractivity contribution in [1.29, 1.82) is 0 Å². The van der Waals surface area contributed by atoms with Crippen LogP contribution in [0, 0.1) is 0 Å². The fourth-order valence-electron chi connectivity index (χ4n) is 3.53. The van der Waals surface area contributed by atoms with Crippen LogP contribution in [0.3, 0.4) is 0 Å². The van der Waals surface area contributed by atoms with Crippen LogP contribution in [-0.2, 0) is 11.3 Å². The fraction of sp³-hybridized carbons (Fsp3) is 0.333. The Labute approximate surface area is 172 Å². The molecule has 3 aromatic rings. The Morgan fingerprint density at radius 1 is 1.31 bits per heavy atom. The summed E-state index contributed by atoms with van der Waals surface area (Å²) in [5, 5.41) is 1.21. The summed E-state index contributed by atoms with van der Waals surface area (Å²) in [6, 6.07) is 10.7. The van der Waals surface area contributed by atoms with Gasteiger partial charge in [0.25, 0.3) is 11.5 Å². The van der Waals surface area contributed by atoms with Crippen molar-refractivity contribution in [3.63, 3.8) is 0 Å². The Morgan fingerprint density at radius 2 is 2.17 bits per heavy atom. The van der Waals surface area contributed by atoms with Gasteiger partial charge in [-0.3, -0.25) is 9.59 Å². The summed E-state index contributed by atoms with van der Waals surface area (Å²) < 4.78 is 5.75. The first kappa shape index (κ1) is 19.6. The van der Waals surface area contributed by atoms with Crippen molar-refractivity contribution in [2.45, 2.75) is 30.5 Å². The first-order valence-electron chi connectivity index (χ1n) is 9.53. The van der Waals surface area contributed by atoms with Crippen molar-refractivity contribution in [2.75, 3.05) is 19.4 Å². The van der Waals surface area contributed by atoms with Crippen LogP contribution in [0.2, 0.25) is 0 Å². The molecule has 1 aliphatic heterocycles. The van der Waals surface area contributed by atoms with E-state index < -0.39 is 0 Å². The van der Waals surface area contributed by atoms with E-state index in [1.54, 1.807) is 41.4 Å². The molecule has 1 aliphatic rings. The van der Waals surface area contributed by atoms with Gasteiger partial charge in [-0.15, -0.1) is 11.8 Å². The van der Waals surface area contributed by atoms with E-state index in [1.807, 2.05) is 12.3 Å². The lowest BCUT2D eigenvalue weighted by Crippen LogP contribution is -2.38. The van der Waals surface area contributed by atoms with E-state index in [0.29, 0.717) is 40.5 Å². The second-order valence-corrected chi connectivity index (χ2v) is 7.71. The SMILES string of the molecule is CSc1ncccc1C(=O)N(Cc1nc2ccccc2c(=O)[nH]1)C[C@H]1CCCO1. The average Bonchev–Trinajstić information content (AvgIpc) is 3.26. The van der Waals surface area contributed by atoms with Crippen LogP contribution in [0.1, 0.15) is 29.0 Å². The zero-order valence-electron chi connectivity index (χ0n) is 16.1. The third-order valence-electron chi connectivity index (χ3n) is 4.93. The number of thioether (sulfide) groups is 1. The second-order valence-electron chi connectivity index (χ2n) is 6.91. The van der Waals surface area contributed by atoms with Crippen LogP contribution in [-0.4, -0.2) is 51.3 Å². The van der Waals surface area contributed by atoms with Gasteiger partial charge in [-0.05, 0) is 43.4 Å². The van der Waals surface area contributed by atoms with Crippen molar-refractivity contribution in [3.05, 3.63) is 64.3 Å². The molecule has 4 rings (SSSR count). The van der Waals surface area contributed by atoms with E-state index in [0.717, 1.165) is 12.8 Å². The molecular weight excluding hydrogens is 388 g/mol. The number of benzene rings is 1. The monoisotopic (exact) mass is 410 g/mol. The van der Waals surface area contributed by atoms with Gasteiger partial charge in [-0.25, -0.2) is 9.97 Å². The van der Waals surface area contributed by atoms with Crippen LogP contribution in [0.5, 0.6) is 0 Å². The minimum Gasteiger partial charge on any atom is -0.376 e. The molecule has 1 amide bonds. The summed E-state index contributed by atoms with van der Waals surface area (Å²) in [7, 11) is 0. The Bertz CT molecular complexity index is 1080. The zero-order chi connectivity index (χ0) is 20.2. The number of H-pyrrole nitrogens is 1. The van der Waals surface area contributed by atoms with Crippen LogP contribution in [0.15, 0.2) is 52.4 Å². The van der Waals surface area contributed by atoms with Crippen molar-refractivity contribution < 1.29 is 9.53 Å². The number of rotatable bonds is 6. The van der Waals surface area contributed by atoms with Gasteiger partial charge in [-0.2, -0.15) is 0 Å². The number of amides is 1. The third kappa shape index (κ3) is 4.33. The van der Waals surface area contributed by atoms with E-state index in [-0.39, 0.29) is 24.1 Å². The molecule has 29 heavy (non-hydrogen) atoms. The normalized spacial score (nSPS) is 16.2. The van der Waals surface area contributed by atoms with Crippen LogP contribution >= 0.6 is 11.8 Å². The first-order valence-corrected chi connectivity index (χ1v) is 10.8. The van der Waals surface area contributed by atoms with E-state index in [1.165, 1.54) is 11.8 Å². The summed E-state index contributed by atoms with van der Waals surface area (Å²) >= 11 is 1.43. The Morgan fingerprint density at radius 3 is 2.97 bits per heavy atom. The molecule has 1 saturated heterocycles. The smallest absolute Gasteiger partial charge is 0.258 e. The highest BCUT2D eigenvalue weighted by Gasteiger charge is 2.26.